The lowest BCUT2D eigenvalue weighted by molar-refractivity contribution is -0.385. The first-order valence-electron chi connectivity index (χ1n) is 6.84. The van der Waals surface area contributed by atoms with Crippen molar-refractivity contribution in [3.63, 3.8) is 0 Å². The van der Waals surface area contributed by atoms with Gasteiger partial charge in [0.05, 0.1) is 28.8 Å². The highest BCUT2D eigenvalue weighted by Gasteiger charge is 2.17. The Morgan fingerprint density at radius 3 is 2.67 bits per heavy atom. The van der Waals surface area contributed by atoms with E-state index in [-0.39, 0.29) is 10.8 Å². The second-order valence-electron chi connectivity index (χ2n) is 4.88. The first-order chi connectivity index (χ1) is 11.3. The van der Waals surface area contributed by atoms with Gasteiger partial charge in [0.25, 0.3) is 5.69 Å². The molecule has 0 bridgehead atoms. The average Bonchev–Trinajstić information content (AvgIpc) is 2.88. The van der Waals surface area contributed by atoms with Gasteiger partial charge >= 0.3 is 5.97 Å². The molecule has 2 rings (SSSR count). The number of nitrogens with one attached hydrogen (secondary N) is 2. The van der Waals surface area contributed by atoms with Crippen molar-refractivity contribution < 1.29 is 14.5 Å². The number of aryl methyl sites for hydroxylation is 1. The quantitative estimate of drug-likeness (QED) is 0.368. The molecule has 2 N–H and O–H groups in total. The summed E-state index contributed by atoms with van der Waals surface area (Å²) in [6, 6.07) is 6.40. The summed E-state index contributed by atoms with van der Waals surface area (Å²) in [7, 11) is 1.31. The molecule has 0 fully saturated rings. The van der Waals surface area contributed by atoms with Crippen LogP contribution >= 0.6 is 23.6 Å². The number of carbonyl (C=O) groups is 1. The van der Waals surface area contributed by atoms with Crippen molar-refractivity contribution >= 4 is 51.0 Å². The fourth-order valence-electron chi connectivity index (χ4n) is 2.08. The molecule has 0 aliphatic heterocycles. The fraction of sp³-hybridized carbons (Fsp3) is 0.200. The van der Waals surface area contributed by atoms with Crippen LogP contribution in [0, 0.1) is 24.0 Å². The number of nitro groups is 1. The number of hydrogen-bond acceptors (Lipinski definition) is 6. The van der Waals surface area contributed by atoms with Crippen molar-refractivity contribution in [2.75, 3.05) is 17.7 Å². The minimum Gasteiger partial charge on any atom is -0.465 e. The molecule has 2 aromatic rings. The highest BCUT2D eigenvalue weighted by atomic mass is 32.1. The number of rotatable bonds is 4. The lowest BCUT2D eigenvalue weighted by Gasteiger charge is -2.12. The Morgan fingerprint density at radius 2 is 2.04 bits per heavy atom. The van der Waals surface area contributed by atoms with Gasteiger partial charge in [-0.3, -0.25) is 10.1 Å². The van der Waals surface area contributed by atoms with Crippen LogP contribution in [-0.2, 0) is 4.74 Å². The Bertz CT molecular complexity index is 817. The van der Waals surface area contributed by atoms with Gasteiger partial charge < -0.3 is 15.4 Å². The van der Waals surface area contributed by atoms with Crippen LogP contribution in [0.15, 0.2) is 24.3 Å². The molecule has 0 unspecified atom stereocenters. The number of methoxy groups -OCH3 is 1. The molecule has 126 valence electrons. The normalized spacial score (nSPS) is 10.1. The highest BCUT2D eigenvalue weighted by Crippen LogP contribution is 2.29. The van der Waals surface area contributed by atoms with Crippen molar-refractivity contribution in [3.05, 3.63) is 50.4 Å². The zero-order valence-electron chi connectivity index (χ0n) is 13.2. The smallest absolute Gasteiger partial charge is 0.340 e. The van der Waals surface area contributed by atoms with Crippen LogP contribution in [0.25, 0.3) is 0 Å². The van der Waals surface area contributed by atoms with Gasteiger partial charge in [0.1, 0.15) is 5.00 Å². The topological polar surface area (TPSA) is 93.5 Å². The number of anilines is 2. The summed E-state index contributed by atoms with van der Waals surface area (Å²) in [5.41, 5.74) is 1.39. The molecule has 1 heterocycles. The molecule has 0 spiro atoms. The second-order valence-corrected chi connectivity index (χ2v) is 6.54. The summed E-state index contributed by atoms with van der Waals surface area (Å²) in [5.74, 6) is -0.462. The largest absolute Gasteiger partial charge is 0.465 e. The van der Waals surface area contributed by atoms with E-state index in [1.165, 1.54) is 24.5 Å². The first kappa shape index (κ1) is 17.8. The number of nitro benzene ring substituents is 1. The lowest BCUT2D eigenvalue weighted by Crippen LogP contribution is -2.20. The molecule has 0 atom stereocenters. The van der Waals surface area contributed by atoms with Gasteiger partial charge in [0.15, 0.2) is 5.11 Å². The Balaban J connectivity index is 2.19. The van der Waals surface area contributed by atoms with E-state index in [0.29, 0.717) is 21.8 Å². The van der Waals surface area contributed by atoms with Gasteiger partial charge in [-0.1, -0.05) is 6.07 Å². The number of thiocarbonyl (C=S) groups is 1. The molecule has 0 saturated heterocycles. The Labute approximate surface area is 147 Å². The van der Waals surface area contributed by atoms with Crippen LogP contribution in [0.5, 0.6) is 0 Å². The predicted molar refractivity (Wildman–Crippen MR) is 98.1 cm³/mol. The summed E-state index contributed by atoms with van der Waals surface area (Å²) < 4.78 is 4.74. The second kappa shape index (κ2) is 7.37. The van der Waals surface area contributed by atoms with Gasteiger partial charge in [0.2, 0.25) is 0 Å². The van der Waals surface area contributed by atoms with Crippen molar-refractivity contribution in [2.24, 2.45) is 0 Å². The number of thiophene rings is 1. The van der Waals surface area contributed by atoms with Crippen LogP contribution in [0.2, 0.25) is 0 Å². The minimum atomic E-state index is -0.462. The Morgan fingerprint density at radius 1 is 1.33 bits per heavy atom. The zero-order chi connectivity index (χ0) is 17.9. The monoisotopic (exact) mass is 365 g/mol. The van der Waals surface area contributed by atoms with Crippen LogP contribution in [0.1, 0.15) is 20.8 Å². The maximum absolute atomic E-state index is 11.8. The first-order valence-corrected chi connectivity index (χ1v) is 8.06. The summed E-state index contributed by atoms with van der Waals surface area (Å²) in [6.45, 7) is 3.50. The van der Waals surface area contributed by atoms with Gasteiger partial charge in [0, 0.05) is 10.9 Å². The van der Waals surface area contributed by atoms with Crippen LogP contribution < -0.4 is 10.6 Å². The van der Waals surface area contributed by atoms with Crippen LogP contribution in [-0.4, -0.2) is 23.1 Å². The van der Waals surface area contributed by atoms with Gasteiger partial charge in [-0.15, -0.1) is 11.3 Å². The SMILES string of the molecule is COC(=O)c1cc(C)sc1NC(=S)Nc1cccc([N+](=O)[O-])c1C. The molecule has 0 radical (unpaired) electrons. The van der Waals surface area contributed by atoms with Crippen molar-refractivity contribution in [1.82, 2.24) is 0 Å². The maximum Gasteiger partial charge on any atom is 0.340 e. The van der Waals surface area contributed by atoms with Crippen LogP contribution in [0.3, 0.4) is 0 Å². The van der Waals surface area contributed by atoms with Crippen LogP contribution in [0.4, 0.5) is 16.4 Å². The van der Waals surface area contributed by atoms with E-state index in [4.69, 9.17) is 17.0 Å². The standard InChI is InChI=1S/C15H15N3O4S2/c1-8-7-10(14(19)22-3)13(24-8)17-15(23)16-11-5-4-6-12(9(11)2)18(20)21/h4-7H,1-3H3,(H2,16,17,23). The third kappa shape index (κ3) is 3.87. The minimum absolute atomic E-state index is 0.00465. The van der Waals surface area contributed by atoms with E-state index in [9.17, 15) is 14.9 Å². The molecule has 1 aromatic carbocycles. The van der Waals surface area contributed by atoms with E-state index in [1.807, 2.05) is 6.92 Å². The molecule has 0 amide bonds. The number of hydrogen-bond donors (Lipinski definition) is 2. The van der Waals surface area contributed by atoms with Crippen molar-refractivity contribution in [2.45, 2.75) is 13.8 Å². The molecule has 0 aliphatic carbocycles. The molecule has 9 heteroatoms. The number of carbonyl (C=O) groups excluding carboxylic acids is 1. The molecular formula is C15H15N3O4S2. The number of nitrogens with zero attached hydrogens (tertiary/aromatic N) is 1. The third-order valence-corrected chi connectivity index (χ3v) is 4.41. The van der Waals surface area contributed by atoms with Gasteiger partial charge in [-0.2, -0.15) is 0 Å². The Hall–Kier alpha value is -2.52. The molecule has 24 heavy (non-hydrogen) atoms. The summed E-state index contributed by atoms with van der Waals surface area (Å²) in [6.07, 6.45) is 0. The molecule has 1 aromatic heterocycles. The number of benzene rings is 1. The van der Waals surface area contributed by atoms with Crippen molar-refractivity contribution in [3.8, 4) is 0 Å². The number of esters is 1. The highest BCUT2D eigenvalue weighted by molar-refractivity contribution is 7.80. The lowest BCUT2D eigenvalue weighted by atomic mass is 10.1. The average molecular weight is 365 g/mol. The van der Waals surface area contributed by atoms with Crippen molar-refractivity contribution in [1.29, 1.82) is 0 Å². The fourth-order valence-corrected chi connectivity index (χ4v) is 3.26. The third-order valence-electron chi connectivity index (χ3n) is 3.24. The van der Waals surface area contributed by atoms with E-state index in [2.05, 4.69) is 10.6 Å². The molecule has 0 aliphatic rings. The molecule has 0 saturated carbocycles. The van der Waals surface area contributed by atoms with E-state index < -0.39 is 10.9 Å². The summed E-state index contributed by atoms with van der Waals surface area (Å²) in [5, 5.41) is 17.6. The summed E-state index contributed by atoms with van der Waals surface area (Å²) >= 11 is 6.60. The van der Waals surface area contributed by atoms with Gasteiger partial charge in [-0.25, -0.2) is 4.79 Å². The Kier molecular flexibility index (Phi) is 5.47. The summed E-state index contributed by atoms with van der Waals surface area (Å²) in [4.78, 5) is 23.2. The maximum atomic E-state index is 11.8. The van der Waals surface area contributed by atoms with Gasteiger partial charge in [-0.05, 0) is 38.2 Å². The van der Waals surface area contributed by atoms with E-state index in [1.54, 1.807) is 25.1 Å². The molecule has 7 nitrogen and oxygen atoms in total. The predicted octanol–water partition coefficient (Wildman–Crippen LogP) is 3.87. The number of ether oxygens (including phenoxy) is 1. The zero-order valence-corrected chi connectivity index (χ0v) is 14.8. The van der Waals surface area contributed by atoms with E-state index in [0.717, 1.165) is 4.88 Å². The molecular weight excluding hydrogens is 350 g/mol. The van der Waals surface area contributed by atoms with E-state index >= 15 is 0 Å².